The van der Waals surface area contributed by atoms with E-state index >= 15 is 0 Å². The van der Waals surface area contributed by atoms with Gasteiger partial charge in [0.1, 0.15) is 12.7 Å². The molecular formula is C5H3ClN4O2. The van der Waals surface area contributed by atoms with Gasteiger partial charge < -0.3 is 10.1 Å². The number of hydrogen-bond acceptors (Lipinski definition) is 4. The van der Waals surface area contributed by atoms with E-state index in [-0.39, 0.29) is 17.6 Å². The van der Waals surface area contributed by atoms with Gasteiger partial charge in [0.05, 0.1) is 6.07 Å². The molecule has 0 aliphatic heterocycles. The summed E-state index contributed by atoms with van der Waals surface area (Å²) in [6.45, 7) is -0.0420. The number of hydrogen-bond donors (Lipinski definition) is 0. The average Bonchev–Trinajstić information content (AvgIpc) is 2.34. The van der Waals surface area contributed by atoms with E-state index in [1.165, 1.54) is 4.57 Å². The van der Waals surface area contributed by atoms with Crippen LogP contribution in [0.3, 0.4) is 0 Å². The van der Waals surface area contributed by atoms with Crippen LogP contribution in [0, 0.1) is 21.4 Å². The molecule has 12 heavy (non-hydrogen) atoms. The van der Waals surface area contributed by atoms with Crippen LogP contribution in [0.2, 0.25) is 5.28 Å². The molecule has 0 saturated carbocycles. The van der Waals surface area contributed by atoms with Crippen molar-refractivity contribution in [3.05, 3.63) is 21.6 Å². The zero-order valence-electron chi connectivity index (χ0n) is 5.77. The molecule has 0 amide bonds. The van der Waals surface area contributed by atoms with E-state index in [0.29, 0.717) is 0 Å². The van der Waals surface area contributed by atoms with E-state index in [1.54, 1.807) is 6.07 Å². The van der Waals surface area contributed by atoms with Crippen LogP contribution >= 0.6 is 11.6 Å². The molecular weight excluding hydrogens is 184 g/mol. The van der Waals surface area contributed by atoms with Gasteiger partial charge in [-0.15, -0.1) is 0 Å². The summed E-state index contributed by atoms with van der Waals surface area (Å²) in [4.78, 5) is 12.9. The number of aromatic nitrogens is 2. The molecule has 0 aliphatic carbocycles. The Bertz CT molecular complexity index is 353. The number of imidazole rings is 1. The number of halogens is 1. The van der Waals surface area contributed by atoms with E-state index in [9.17, 15) is 10.1 Å². The van der Waals surface area contributed by atoms with Crippen molar-refractivity contribution in [2.24, 2.45) is 0 Å². The van der Waals surface area contributed by atoms with Crippen LogP contribution in [-0.2, 0) is 6.54 Å². The van der Waals surface area contributed by atoms with Crippen LogP contribution in [0.1, 0.15) is 0 Å². The van der Waals surface area contributed by atoms with Gasteiger partial charge in [-0.1, -0.05) is 0 Å². The van der Waals surface area contributed by atoms with Gasteiger partial charge >= 0.3 is 11.1 Å². The molecule has 0 saturated heterocycles. The van der Waals surface area contributed by atoms with Crippen molar-refractivity contribution in [2.75, 3.05) is 0 Å². The Balaban J connectivity index is 3.02. The quantitative estimate of drug-likeness (QED) is 0.509. The lowest BCUT2D eigenvalue weighted by molar-refractivity contribution is -0.389. The summed E-state index contributed by atoms with van der Waals surface area (Å²) in [5.41, 5.74) is 0. The third kappa shape index (κ3) is 1.52. The van der Waals surface area contributed by atoms with Crippen LogP contribution in [-0.4, -0.2) is 14.5 Å². The summed E-state index contributed by atoms with van der Waals surface area (Å²) in [5.74, 6) is -0.352. The van der Waals surface area contributed by atoms with E-state index in [4.69, 9.17) is 16.9 Å². The molecule has 0 spiro atoms. The third-order valence-electron chi connectivity index (χ3n) is 1.14. The van der Waals surface area contributed by atoms with Crippen molar-refractivity contribution in [2.45, 2.75) is 6.54 Å². The van der Waals surface area contributed by atoms with Crippen LogP contribution < -0.4 is 0 Å². The summed E-state index contributed by atoms with van der Waals surface area (Å²) in [6.07, 6.45) is 1.12. The Morgan fingerprint density at radius 1 is 1.92 bits per heavy atom. The fourth-order valence-electron chi connectivity index (χ4n) is 0.655. The van der Waals surface area contributed by atoms with E-state index in [0.717, 1.165) is 6.20 Å². The standard InChI is InChI=1S/C5H3ClN4O2/c6-5-8-4(10(11)12)3-9(5)2-1-7/h3H,2H2. The molecule has 1 rings (SSSR count). The monoisotopic (exact) mass is 186 g/mol. The van der Waals surface area contributed by atoms with Crippen molar-refractivity contribution < 1.29 is 4.92 Å². The Morgan fingerprint density at radius 2 is 2.58 bits per heavy atom. The highest BCUT2D eigenvalue weighted by molar-refractivity contribution is 6.28. The summed E-state index contributed by atoms with van der Waals surface area (Å²) in [5, 5.41) is 18.4. The van der Waals surface area contributed by atoms with Crippen LogP contribution in [0.15, 0.2) is 6.20 Å². The molecule has 1 aromatic heterocycles. The maximum absolute atomic E-state index is 10.2. The maximum atomic E-state index is 10.2. The molecule has 0 fully saturated rings. The second-order valence-corrected chi connectivity index (χ2v) is 2.25. The summed E-state index contributed by atoms with van der Waals surface area (Å²) < 4.78 is 1.19. The highest BCUT2D eigenvalue weighted by Gasteiger charge is 2.15. The van der Waals surface area contributed by atoms with Gasteiger partial charge in [-0.2, -0.15) is 5.26 Å². The molecule has 0 atom stereocenters. The highest BCUT2D eigenvalue weighted by atomic mass is 35.5. The third-order valence-corrected chi connectivity index (χ3v) is 1.44. The first kappa shape index (κ1) is 8.49. The van der Waals surface area contributed by atoms with Gasteiger partial charge in [-0.05, 0) is 21.5 Å². The highest BCUT2D eigenvalue weighted by Crippen LogP contribution is 2.14. The smallest absolute Gasteiger partial charge is 0.358 e. The first-order chi connectivity index (χ1) is 5.65. The minimum Gasteiger partial charge on any atom is -0.358 e. The first-order valence-electron chi connectivity index (χ1n) is 2.89. The normalized spacial score (nSPS) is 9.33. The lowest BCUT2D eigenvalue weighted by atomic mass is 10.7. The van der Waals surface area contributed by atoms with Gasteiger partial charge in [-0.3, -0.25) is 4.57 Å². The van der Waals surface area contributed by atoms with Crippen molar-refractivity contribution in [3.63, 3.8) is 0 Å². The van der Waals surface area contributed by atoms with Crippen LogP contribution in [0.4, 0.5) is 5.82 Å². The Kier molecular flexibility index (Phi) is 2.26. The second kappa shape index (κ2) is 3.19. The zero-order chi connectivity index (χ0) is 9.14. The summed E-state index contributed by atoms with van der Waals surface area (Å²) >= 11 is 5.46. The topological polar surface area (TPSA) is 84.8 Å². The minimum absolute atomic E-state index is 0.0420. The molecule has 0 unspecified atom stereocenters. The first-order valence-corrected chi connectivity index (χ1v) is 3.27. The predicted molar refractivity (Wildman–Crippen MR) is 39.5 cm³/mol. The Labute approximate surface area is 72.1 Å². The van der Waals surface area contributed by atoms with Crippen molar-refractivity contribution in [1.82, 2.24) is 9.55 Å². The lowest BCUT2D eigenvalue weighted by Crippen LogP contribution is -1.92. The molecule has 0 N–H and O–H groups in total. The van der Waals surface area contributed by atoms with Gasteiger partial charge in [0.2, 0.25) is 0 Å². The Hall–Kier alpha value is -1.61. The molecule has 62 valence electrons. The minimum atomic E-state index is -0.667. The van der Waals surface area contributed by atoms with Crippen molar-refractivity contribution in [3.8, 4) is 6.07 Å². The molecule has 1 aromatic rings. The van der Waals surface area contributed by atoms with Gasteiger partial charge in [-0.25, -0.2) is 0 Å². The molecule has 7 heteroatoms. The summed E-state index contributed by atoms with van der Waals surface area (Å²) in [6, 6.07) is 1.79. The molecule has 0 bridgehead atoms. The van der Waals surface area contributed by atoms with Crippen molar-refractivity contribution in [1.29, 1.82) is 5.26 Å². The SMILES string of the molecule is N#CCn1cc([N+](=O)[O-])nc1Cl. The average molecular weight is 187 g/mol. The second-order valence-electron chi connectivity index (χ2n) is 1.91. The summed E-state index contributed by atoms with van der Waals surface area (Å²) in [7, 11) is 0. The number of nitriles is 1. The fraction of sp³-hybridized carbons (Fsp3) is 0.200. The van der Waals surface area contributed by atoms with E-state index in [1.807, 2.05) is 0 Å². The van der Waals surface area contributed by atoms with Gasteiger partial charge in [0.15, 0.2) is 0 Å². The van der Waals surface area contributed by atoms with E-state index in [2.05, 4.69) is 4.98 Å². The van der Waals surface area contributed by atoms with E-state index < -0.39 is 4.92 Å². The fourth-order valence-corrected chi connectivity index (χ4v) is 0.850. The van der Waals surface area contributed by atoms with Gasteiger partial charge in [0, 0.05) is 0 Å². The number of nitrogens with zero attached hydrogens (tertiary/aromatic N) is 4. The molecule has 1 heterocycles. The van der Waals surface area contributed by atoms with Crippen LogP contribution in [0.5, 0.6) is 0 Å². The molecule has 0 aliphatic rings. The maximum Gasteiger partial charge on any atom is 0.383 e. The molecule has 0 aromatic carbocycles. The zero-order valence-corrected chi connectivity index (χ0v) is 6.52. The molecule has 6 nitrogen and oxygen atoms in total. The lowest BCUT2D eigenvalue weighted by Gasteiger charge is -1.87. The largest absolute Gasteiger partial charge is 0.383 e. The predicted octanol–water partition coefficient (Wildman–Crippen LogP) is 0.968. The Morgan fingerprint density at radius 3 is 3.00 bits per heavy atom. The number of nitro groups is 1. The van der Waals surface area contributed by atoms with Crippen LogP contribution in [0.25, 0.3) is 0 Å². The van der Waals surface area contributed by atoms with Crippen molar-refractivity contribution >= 4 is 17.4 Å². The molecule has 0 radical (unpaired) electrons. The number of rotatable bonds is 2. The van der Waals surface area contributed by atoms with Gasteiger partial charge in [0.25, 0.3) is 0 Å².